The number of hydrogen-bond donors (Lipinski definition) is 1. The Morgan fingerprint density at radius 1 is 0.745 bits per heavy atom. The summed E-state index contributed by atoms with van der Waals surface area (Å²) in [4.78, 5) is 40.3. The lowest BCUT2D eigenvalue weighted by Crippen LogP contribution is -2.42. The summed E-state index contributed by atoms with van der Waals surface area (Å²) in [5.41, 5.74) is 4.81. The van der Waals surface area contributed by atoms with E-state index in [1.807, 2.05) is 43.3 Å². The summed E-state index contributed by atoms with van der Waals surface area (Å²) in [6.45, 7) is 2.14. The third-order valence-corrected chi connectivity index (χ3v) is 9.24. The molecule has 3 aliphatic rings. The van der Waals surface area contributed by atoms with Crippen LogP contribution in [0, 0.1) is 18.8 Å². The van der Waals surface area contributed by atoms with Gasteiger partial charge in [-0.3, -0.25) is 14.4 Å². The molecule has 0 unspecified atom stereocenters. The highest BCUT2D eigenvalue weighted by atomic mass is 16.7. The van der Waals surface area contributed by atoms with E-state index in [-0.39, 0.29) is 31.1 Å². The van der Waals surface area contributed by atoms with Crippen molar-refractivity contribution in [1.82, 2.24) is 5.32 Å². The van der Waals surface area contributed by atoms with Gasteiger partial charge in [-0.05, 0) is 60.0 Å². The molecular formula is C37H33NO9. The number of amides is 1. The standard InChI is InChI=1S/C37H33NO9/c1-19-5-7-20(8-6-19)34(39)21-9-11-22(12-10-21)36(40)38-33-25-16-28-27(46-18-47-28)15-24(25)31(32-26(33)17-45-37(32)41)23-13-29(42-2)35(44-4)30(14-23)43-3/h5-16,26,31-33H,17-18H2,1-4H3,(H,38,40)/t26-,31-,32-,33-/m0/s1. The highest BCUT2D eigenvalue weighted by Crippen LogP contribution is 2.55. The van der Waals surface area contributed by atoms with Crippen LogP contribution in [0.2, 0.25) is 0 Å². The number of fused-ring (bicyclic) bond motifs is 3. The third kappa shape index (κ3) is 5.19. The molecule has 240 valence electrons. The van der Waals surface area contributed by atoms with E-state index >= 15 is 0 Å². The molecule has 0 radical (unpaired) electrons. The van der Waals surface area contributed by atoms with E-state index < -0.39 is 23.8 Å². The highest BCUT2D eigenvalue weighted by molar-refractivity contribution is 6.09. The summed E-state index contributed by atoms with van der Waals surface area (Å²) in [6.07, 6.45) is 0. The number of cyclic esters (lactones) is 1. The molecule has 1 fully saturated rings. The maximum absolute atomic E-state index is 13.8. The van der Waals surface area contributed by atoms with Gasteiger partial charge in [-0.25, -0.2) is 0 Å². The van der Waals surface area contributed by atoms with Crippen LogP contribution in [0.15, 0.2) is 72.8 Å². The van der Waals surface area contributed by atoms with Gasteiger partial charge in [0.2, 0.25) is 12.5 Å². The summed E-state index contributed by atoms with van der Waals surface area (Å²) < 4.78 is 34.0. The van der Waals surface area contributed by atoms with Crippen LogP contribution in [0.4, 0.5) is 0 Å². The Morgan fingerprint density at radius 2 is 1.32 bits per heavy atom. The van der Waals surface area contributed by atoms with E-state index in [4.69, 9.17) is 28.4 Å². The number of aryl methyl sites for hydroxylation is 1. The van der Waals surface area contributed by atoms with Crippen LogP contribution in [0.25, 0.3) is 0 Å². The quantitative estimate of drug-likeness (QED) is 0.201. The number of ketones is 1. The lowest BCUT2D eigenvalue weighted by Gasteiger charge is -2.39. The Hall–Kier alpha value is -5.51. The van der Waals surface area contributed by atoms with Crippen molar-refractivity contribution in [1.29, 1.82) is 0 Å². The van der Waals surface area contributed by atoms with E-state index in [1.165, 1.54) is 21.3 Å². The van der Waals surface area contributed by atoms with Gasteiger partial charge in [0.25, 0.3) is 5.91 Å². The molecule has 2 heterocycles. The fourth-order valence-electron chi connectivity index (χ4n) is 6.90. The van der Waals surface area contributed by atoms with Crippen molar-refractivity contribution in [2.24, 2.45) is 11.8 Å². The lowest BCUT2D eigenvalue weighted by molar-refractivity contribution is -0.141. The summed E-state index contributed by atoms with van der Waals surface area (Å²) in [5, 5.41) is 3.17. The number of carbonyl (C=O) groups is 3. The molecule has 1 aliphatic carbocycles. The number of benzene rings is 4. The van der Waals surface area contributed by atoms with E-state index in [0.29, 0.717) is 45.4 Å². The van der Waals surface area contributed by atoms with Crippen molar-refractivity contribution in [2.75, 3.05) is 34.7 Å². The second-order valence-electron chi connectivity index (χ2n) is 11.8. The smallest absolute Gasteiger partial charge is 0.310 e. The Morgan fingerprint density at radius 3 is 1.91 bits per heavy atom. The molecule has 10 heteroatoms. The van der Waals surface area contributed by atoms with Crippen LogP contribution in [0.5, 0.6) is 28.7 Å². The maximum atomic E-state index is 13.8. The van der Waals surface area contributed by atoms with E-state index in [1.54, 1.807) is 36.4 Å². The molecule has 4 aromatic rings. The van der Waals surface area contributed by atoms with Gasteiger partial charge < -0.3 is 33.7 Å². The average Bonchev–Trinajstić information content (AvgIpc) is 3.72. The number of esters is 1. The number of ether oxygens (including phenoxy) is 6. The molecule has 0 bridgehead atoms. The Kier molecular flexibility index (Phi) is 7.71. The van der Waals surface area contributed by atoms with Gasteiger partial charge in [0.15, 0.2) is 28.8 Å². The number of methoxy groups -OCH3 is 3. The van der Waals surface area contributed by atoms with Crippen molar-refractivity contribution < 1.29 is 42.8 Å². The molecule has 0 aromatic heterocycles. The molecule has 1 saturated heterocycles. The van der Waals surface area contributed by atoms with Gasteiger partial charge in [0.1, 0.15) is 0 Å². The van der Waals surface area contributed by atoms with Crippen molar-refractivity contribution in [3.05, 3.63) is 112 Å². The van der Waals surface area contributed by atoms with Gasteiger partial charge in [0, 0.05) is 28.5 Å². The van der Waals surface area contributed by atoms with Crippen LogP contribution in [-0.4, -0.2) is 52.4 Å². The predicted octanol–water partition coefficient (Wildman–Crippen LogP) is 5.39. The minimum absolute atomic E-state index is 0.0622. The van der Waals surface area contributed by atoms with Gasteiger partial charge in [-0.2, -0.15) is 0 Å². The zero-order chi connectivity index (χ0) is 32.8. The third-order valence-electron chi connectivity index (χ3n) is 9.24. The Labute approximate surface area is 271 Å². The number of rotatable bonds is 8. The summed E-state index contributed by atoms with van der Waals surface area (Å²) in [7, 11) is 4.61. The largest absolute Gasteiger partial charge is 0.493 e. The first-order valence-electron chi connectivity index (χ1n) is 15.2. The topological polar surface area (TPSA) is 119 Å². The molecule has 2 aliphatic heterocycles. The zero-order valence-corrected chi connectivity index (χ0v) is 26.3. The molecular weight excluding hydrogens is 602 g/mol. The van der Waals surface area contributed by atoms with Crippen molar-refractivity contribution in [2.45, 2.75) is 18.9 Å². The van der Waals surface area contributed by atoms with Gasteiger partial charge in [-0.15, -0.1) is 0 Å². The average molecular weight is 636 g/mol. The normalized spacial score (nSPS) is 20.5. The first kappa shape index (κ1) is 30.2. The molecule has 4 atom stereocenters. The fraction of sp³-hybridized carbons (Fsp3) is 0.270. The monoisotopic (exact) mass is 635 g/mol. The van der Waals surface area contributed by atoms with Crippen LogP contribution < -0.4 is 29.0 Å². The molecule has 0 saturated carbocycles. The number of carbonyl (C=O) groups excluding carboxylic acids is 3. The molecule has 7 rings (SSSR count). The zero-order valence-electron chi connectivity index (χ0n) is 26.3. The van der Waals surface area contributed by atoms with E-state index in [9.17, 15) is 14.4 Å². The molecule has 1 amide bonds. The van der Waals surface area contributed by atoms with Crippen molar-refractivity contribution in [3.63, 3.8) is 0 Å². The minimum atomic E-state index is -0.634. The molecule has 10 nitrogen and oxygen atoms in total. The van der Waals surface area contributed by atoms with Crippen molar-refractivity contribution in [3.8, 4) is 28.7 Å². The number of hydrogen-bond acceptors (Lipinski definition) is 9. The summed E-state index contributed by atoms with van der Waals surface area (Å²) in [5.74, 6) is 0.0781. The fourth-order valence-corrected chi connectivity index (χ4v) is 6.90. The van der Waals surface area contributed by atoms with E-state index in [2.05, 4.69) is 5.32 Å². The lowest BCUT2D eigenvalue weighted by atomic mass is 9.65. The molecule has 47 heavy (non-hydrogen) atoms. The van der Waals surface area contributed by atoms with Crippen LogP contribution in [0.1, 0.15) is 60.5 Å². The predicted molar refractivity (Wildman–Crippen MR) is 170 cm³/mol. The van der Waals surface area contributed by atoms with Gasteiger partial charge >= 0.3 is 5.97 Å². The minimum Gasteiger partial charge on any atom is -0.493 e. The van der Waals surface area contributed by atoms with Crippen LogP contribution >= 0.6 is 0 Å². The molecule has 0 spiro atoms. The Balaban J connectivity index is 1.26. The van der Waals surface area contributed by atoms with Crippen LogP contribution in [0.3, 0.4) is 0 Å². The summed E-state index contributed by atoms with van der Waals surface area (Å²) in [6, 6.07) is 20.7. The SMILES string of the molecule is COc1cc([C@H]2c3cc4c(cc3[C@H](NC(=O)c3ccc(C(=O)c5ccc(C)cc5)cc3)[C@H]3COC(=O)[C@H]23)OCO4)cc(OC)c1OC. The highest BCUT2D eigenvalue weighted by Gasteiger charge is 2.53. The second kappa shape index (κ2) is 12.0. The van der Waals surface area contributed by atoms with Crippen LogP contribution in [-0.2, 0) is 9.53 Å². The molecule has 1 N–H and O–H groups in total. The first-order valence-corrected chi connectivity index (χ1v) is 15.2. The van der Waals surface area contributed by atoms with Gasteiger partial charge in [0.05, 0.1) is 39.9 Å². The summed E-state index contributed by atoms with van der Waals surface area (Å²) >= 11 is 0. The van der Waals surface area contributed by atoms with Crippen molar-refractivity contribution >= 4 is 17.7 Å². The maximum Gasteiger partial charge on any atom is 0.310 e. The second-order valence-corrected chi connectivity index (χ2v) is 11.8. The number of nitrogens with one attached hydrogen (secondary N) is 1. The molecule has 4 aromatic carbocycles. The first-order chi connectivity index (χ1) is 22.8. The van der Waals surface area contributed by atoms with E-state index in [0.717, 1.165) is 22.3 Å². The Bertz CT molecular complexity index is 1860. The van der Waals surface area contributed by atoms with Gasteiger partial charge in [-0.1, -0.05) is 42.0 Å².